The first-order valence-electron chi connectivity index (χ1n) is 5.32. The molecule has 1 fully saturated rings. The van der Waals surface area contributed by atoms with Gasteiger partial charge in [-0.25, -0.2) is 5.10 Å². The molecule has 1 aliphatic carbocycles. The molecule has 3 aromatic heterocycles. The van der Waals surface area contributed by atoms with E-state index in [-0.39, 0.29) is 5.56 Å². The fourth-order valence-corrected chi connectivity index (χ4v) is 2.97. The maximum atomic E-state index is 11.7. The molecule has 1 N–H and O–H groups in total. The van der Waals surface area contributed by atoms with E-state index in [9.17, 15) is 4.79 Å². The highest BCUT2D eigenvalue weighted by molar-refractivity contribution is 7.17. The summed E-state index contributed by atoms with van der Waals surface area (Å²) in [6, 6.07) is 4.01. The van der Waals surface area contributed by atoms with Gasteiger partial charge in [0.15, 0.2) is 0 Å². The number of rotatable bonds is 1. The Hall–Kier alpha value is -1.62. The standard InChI is InChI=1S/C11H9N3OS/c15-11-8-5-9-7(3-4-16-9)14(8)10(12-13-11)6-1-2-6/h3-6H,1-2H2,(H,13,15). The number of aromatic amines is 1. The molecule has 4 nitrogen and oxygen atoms in total. The molecule has 16 heavy (non-hydrogen) atoms. The maximum Gasteiger partial charge on any atom is 0.288 e. The highest BCUT2D eigenvalue weighted by Crippen LogP contribution is 2.39. The molecule has 0 unspecified atom stereocenters. The summed E-state index contributed by atoms with van der Waals surface area (Å²) in [7, 11) is 0. The summed E-state index contributed by atoms with van der Waals surface area (Å²) in [5.74, 6) is 1.53. The van der Waals surface area contributed by atoms with Crippen molar-refractivity contribution < 1.29 is 0 Å². The van der Waals surface area contributed by atoms with Crippen LogP contribution in [-0.4, -0.2) is 14.6 Å². The van der Waals surface area contributed by atoms with Crippen LogP contribution in [-0.2, 0) is 0 Å². The summed E-state index contributed by atoms with van der Waals surface area (Å²) in [6.45, 7) is 0. The summed E-state index contributed by atoms with van der Waals surface area (Å²) in [5, 5.41) is 8.84. The molecule has 5 heteroatoms. The van der Waals surface area contributed by atoms with Crippen molar-refractivity contribution in [3.8, 4) is 0 Å². The van der Waals surface area contributed by atoms with Gasteiger partial charge in [-0.15, -0.1) is 11.3 Å². The van der Waals surface area contributed by atoms with Gasteiger partial charge < -0.3 is 0 Å². The molecule has 0 aliphatic heterocycles. The monoisotopic (exact) mass is 231 g/mol. The third-order valence-electron chi connectivity index (χ3n) is 3.10. The van der Waals surface area contributed by atoms with E-state index >= 15 is 0 Å². The minimum Gasteiger partial charge on any atom is -0.290 e. The molecule has 0 amide bonds. The smallest absolute Gasteiger partial charge is 0.288 e. The number of nitrogens with one attached hydrogen (secondary N) is 1. The average Bonchev–Trinajstić information content (AvgIpc) is 2.89. The number of hydrogen-bond acceptors (Lipinski definition) is 3. The first-order chi connectivity index (χ1) is 7.84. The van der Waals surface area contributed by atoms with Crippen LogP contribution in [0, 0.1) is 0 Å². The van der Waals surface area contributed by atoms with Gasteiger partial charge in [0, 0.05) is 5.92 Å². The van der Waals surface area contributed by atoms with E-state index in [1.54, 1.807) is 11.3 Å². The predicted molar refractivity (Wildman–Crippen MR) is 63.2 cm³/mol. The fourth-order valence-electron chi connectivity index (χ4n) is 2.17. The third kappa shape index (κ3) is 0.983. The van der Waals surface area contributed by atoms with E-state index in [4.69, 9.17) is 0 Å². The summed E-state index contributed by atoms with van der Waals surface area (Å²) < 4.78 is 3.17. The van der Waals surface area contributed by atoms with Gasteiger partial charge in [0.25, 0.3) is 5.56 Å². The molecule has 0 atom stereocenters. The van der Waals surface area contributed by atoms with Crippen molar-refractivity contribution in [2.45, 2.75) is 18.8 Å². The van der Waals surface area contributed by atoms with Crippen LogP contribution in [0.15, 0.2) is 22.3 Å². The lowest BCUT2D eigenvalue weighted by atomic mass is 10.4. The molecule has 0 bridgehead atoms. The zero-order chi connectivity index (χ0) is 10.7. The minimum atomic E-state index is -0.104. The Morgan fingerprint density at radius 3 is 3.12 bits per heavy atom. The Balaban J connectivity index is 2.28. The van der Waals surface area contributed by atoms with Crippen LogP contribution in [0.5, 0.6) is 0 Å². The molecule has 0 aromatic carbocycles. The predicted octanol–water partition coefficient (Wildman–Crippen LogP) is 2.11. The van der Waals surface area contributed by atoms with E-state index in [1.807, 2.05) is 10.5 Å². The number of thiophene rings is 1. The van der Waals surface area contributed by atoms with Crippen molar-refractivity contribution in [1.82, 2.24) is 14.6 Å². The molecule has 0 spiro atoms. The fraction of sp³-hybridized carbons (Fsp3) is 0.273. The van der Waals surface area contributed by atoms with Gasteiger partial charge >= 0.3 is 0 Å². The van der Waals surface area contributed by atoms with Crippen LogP contribution in [0.25, 0.3) is 15.7 Å². The van der Waals surface area contributed by atoms with Crippen molar-refractivity contribution >= 4 is 27.1 Å². The molecule has 0 saturated heterocycles. The number of aromatic nitrogens is 3. The molecular weight excluding hydrogens is 222 g/mol. The van der Waals surface area contributed by atoms with Crippen molar-refractivity contribution in [2.75, 3.05) is 0 Å². The Kier molecular flexibility index (Phi) is 1.46. The molecule has 3 aromatic rings. The van der Waals surface area contributed by atoms with Crippen LogP contribution < -0.4 is 5.56 Å². The van der Waals surface area contributed by atoms with Crippen LogP contribution >= 0.6 is 11.3 Å². The van der Waals surface area contributed by atoms with Crippen molar-refractivity contribution in [1.29, 1.82) is 0 Å². The number of fused-ring (bicyclic) bond motifs is 3. The largest absolute Gasteiger partial charge is 0.290 e. The van der Waals surface area contributed by atoms with Gasteiger partial charge in [0.1, 0.15) is 11.3 Å². The molecular formula is C11H9N3OS. The van der Waals surface area contributed by atoms with Crippen molar-refractivity contribution in [2.24, 2.45) is 0 Å². The van der Waals surface area contributed by atoms with E-state index in [0.29, 0.717) is 5.92 Å². The van der Waals surface area contributed by atoms with Crippen LogP contribution in [0.3, 0.4) is 0 Å². The molecule has 1 aliphatic rings. The Morgan fingerprint density at radius 1 is 1.44 bits per heavy atom. The second-order valence-electron chi connectivity index (χ2n) is 4.22. The quantitative estimate of drug-likeness (QED) is 0.697. The summed E-state index contributed by atoms with van der Waals surface area (Å²) in [6.07, 6.45) is 2.36. The molecule has 0 radical (unpaired) electrons. The van der Waals surface area contributed by atoms with Gasteiger partial charge in [-0.3, -0.25) is 9.20 Å². The van der Waals surface area contributed by atoms with Crippen LogP contribution in [0.2, 0.25) is 0 Å². The summed E-state index contributed by atoms with van der Waals surface area (Å²) in [4.78, 5) is 11.7. The normalized spacial score (nSPS) is 16.2. The average molecular weight is 231 g/mol. The summed E-state index contributed by atoms with van der Waals surface area (Å²) >= 11 is 1.66. The third-order valence-corrected chi connectivity index (χ3v) is 3.95. The second-order valence-corrected chi connectivity index (χ2v) is 5.17. The van der Waals surface area contributed by atoms with E-state index in [1.165, 1.54) is 12.8 Å². The first kappa shape index (κ1) is 8.52. The molecule has 3 heterocycles. The zero-order valence-corrected chi connectivity index (χ0v) is 9.25. The molecule has 1 saturated carbocycles. The zero-order valence-electron chi connectivity index (χ0n) is 8.43. The van der Waals surface area contributed by atoms with Gasteiger partial charge in [-0.1, -0.05) is 0 Å². The Labute approximate surface area is 94.5 Å². The van der Waals surface area contributed by atoms with Crippen molar-refractivity contribution in [3.63, 3.8) is 0 Å². The van der Waals surface area contributed by atoms with Crippen molar-refractivity contribution in [3.05, 3.63) is 33.7 Å². The lowest BCUT2D eigenvalue weighted by molar-refractivity contribution is 0.811. The van der Waals surface area contributed by atoms with Gasteiger partial charge in [0.2, 0.25) is 0 Å². The van der Waals surface area contributed by atoms with E-state index < -0.39 is 0 Å². The highest BCUT2D eigenvalue weighted by atomic mass is 32.1. The molecule has 80 valence electrons. The highest BCUT2D eigenvalue weighted by Gasteiger charge is 2.29. The Morgan fingerprint density at radius 2 is 2.31 bits per heavy atom. The number of nitrogens with zero attached hydrogens (tertiary/aromatic N) is 2. The lowest BCUT2D eigenvalue weighted by Crippen LogP contribution is -2.14. The first-order valence-corrected chi connectivity index (χ1v) is 6.20. The van der Waals surface area contributed by atoms with E-state index in [0.717, 1.165) is 21.6 Å². The number of hydrogen-bond donors (Lipinski definition) is 1. The van der Waals surface area contributed by atoms with Crippen LogP contribution in [0.1, 0.15) is 24.6 Å². The van der Waals surface area contributed by atoms with Crippen LogP contribution in [0.4, 0.5) is 0 Å². The second kappa shape index (κ2) is 2.74. The number of H-pyrrole nitrogens is 1. The topological polar surface area (TPSA) is 50.2 Å². The summed E-state index contributed by atoms with van der Waals surface area (Å²) in [5.41, 5.74) is 1.73. The maximum absolute atomic E-state index is 11.7. The molecule has 4 rings (SSSR count). The minimum absolute atomic E-state index is 0.104. The SMILES string of the molecule is O=c1[nH]nc(C2CC2)n2c1cc1sccc12. The van der Waals surface area contributed by atoms with Gasteiger partial charge in [0.05, 0.1) is 10.2 Å². The lowest BCUT2D eigenvalue weighted by Gasteiger charge is -2.02. The van der Waals surface area contributed by atoms with E-state index in [2.05, 4.69) is 21.6 Å². The van der Waals surface area contributed by atoms with Gasteiger partial charge in [-0.05, 0) is 30.4 Å². The van der Waals surface area contributed by atoms with Gasteiger partial charge in [-0.2, -0.15) is 5.10 Å². The Bertz CT molecular complexity index is 747.